The summed E-state index contributed by atoms with van der Waals surface area (Å²) in [5.41, 5.74) is 14.0. The number of nitrogens with one attached hydrogen (secondary N) is 8. The van der Waals surface area contributed by atoms with Gasteiger partial charge < -0.3 is 69.0 Å². The van der Waals surface area contributed by atoms with E-state index in [0.717, 1.165) is 10.5 Å². The van der Waals surface area contributed by atoms with Gasteiger partial charge in [0.2, 0.25) is 41.4 Å². The van der Waals surface area contributed by atoms with Crippen LogP contribution >= 0.6 is 45.3 Å². The number of aliphatic hydroxyl groups is 3. The quantitative estimate of drug-likeness (QED) is 0.0153. The molecule has 4 heterocycles. The first-order valence-corrected chi connectivity index (χ1v) is 40.7. The summed E-state index contributed by atoms with van der Waals surface area (Å²) in [5, 5.41) is 61.7. The number of imide groups is 1. The van der Waals surface area contributed by atoms with Crippen molar-refractivity contribution in [3.8, 4) is 0 Å². The van der Waals surface area contributed by atoms with E-state index >= 15 is 24.0 Å². The van der Waals surface area contributed by atoms with Gasteiger partial charge in [0.25, 0.3) is 11.8 Å². The molecule has 15 N–H and O–H groups in total. The van der Waals surface area contributed by atoms with Crippen LogP contribution < -0.4 is 53.9 Å². The molecule has 2 aliphatic rings. The van der Waals surface area contributed by atoms with E-state index in [-0.39, 0.29) is 70.8 Å². The predicted molar refractivity (Wildman–Crippen MR) is 399 cm³/mol. The first-order valence-electron chi connectivity index (χ1n) is 33.6. The number of aliphatic hydroxyl groups excluding tert-OH is 3. The number of rotatable bonds is 22. The van der Waals surface area contributed by atoms with E-state index in [1.165, 1.54) is 19.0 Å². The van der Waals surface area contributed by atoms with Gasteiger partial charge in [-0.05, 0) is 89.7 Å². The van der Waals surface area contributed by atoms with Crippen molar-refractivity contribution in [2.45, 2.75) is 178 Å². The number of carbonyl (C=O) groups is 9. The van der Waals surface area contributed by atoms with Crippen molar-refractivity contribution in [1.82, 2.24) is 62.1 Å². The molecular formula is C71H93IN14O12S2Si. The number of thioether (sulfide) groups is 2. The summed E-state index contributed by atoms with van der Waals surface area (Å²) in [4.78, 5) is 138. The lowest BCUT2D eigenvalue weighted by Gasteiger charge is -2.48. The van der Waals surface area contributed by atoms with Crippen LogP contribution in [0.2, 0.25) is 10.1 Å². The minimum atomic E-state index is -2.13. The first-order chi connectivity index (χ1) is 47.9. The summed E-state index contributed by atoms with van der Waals surface area (Å²) in [6.45, 7) is 15.5. The predicted octanol–water partition coefficient (Wildman–Crippen LogP) is 2.89. The van der Waals surface area contributed by atoms with Gasteiger partial charge in [-0.3, -0.25) is 48.1 Å². The number of carbonyl (C=O) groups excluding carboxylic acids is 9. The molecule has 542 valence electrons. The van der Waals surface area contributed by atoms with Crippen LogP contribution in [0.3, 0.4) is 0 Å². The smallest absolute Gasteiger partial charge is 0.268 e. The Labute approximate surface area is 609 Å². The Balaban J connectivity index is 1.21. The van der Waals surface area contributed by atoms with Crippen LogP contribution in [0.15, 0.2) is 131 Å². The number of halogens is 1. The number of unbranched alkanes of at least 4 members (excludes halogenated alkanes) is 1. The van der Waals surface area contributed by atoms with Gasteiger partial charge >= 0.3 is 0 Å². The molecule has 0 saturated carbocycles. The fraction of sp³-hybridized carbons (Fsp3) is 0.451. The van der Waals surface area contributed by atoms with Crippen LogP contribution in [0.25, 0.3) is 10.9 Å². The third-order valence-corrected chi connectivity index (χ3v) is 37.1. The van der Waals surface area contributed by atoms with Gasteiger partial charge in [0.1, 0.15) is 41.9 Å². The molecular weight excluding hydrogens is 1460 g/mol. The largest absolute Gasteiger partial charge is 0.394 e. The molecule has 101 heavy (non-hydrogen) atoms. The Morgan fingerprint density at radius 2 is 1.27 bits per heavy atom. The Morgan fingerprint density at radius 3 is 1.87 bits per heavy atom. The number of amides is 9. The van der Waals surface area contributed by atoms with E-state index in [9.17, 15) is 34.5 Å². The maximum atomic E-state index is 15.3. The third kappa shape index (κ3) is 20.3. The number of nitrogens with two attached hydrogens (primary N) is 2. The van der Waals surface area contributed by atoms with Crippen LogP contribution in [0.1, 0.15) is 103 Å². The van der Waals surface area contributed by atoms with Gasteiger partial charge in [-0.15, -0.1) is 50.4 Å². The second kappa shape index (κ2) is 35.4. The lowest BCUT2D eigenvalue weighted by Crippen LogP contribution is -2.62. The maximum Gasteiger partial charge on any atom is 0.268 e. The van der Waals surface area contributed by atoms with Gasteiger partial charge in [-0.25, -0.2) is 4.68 Å². The number of fused-ring (bicyclic) bond motifs is 1. The van der Waals surface area contributed by atoms with E-state index in [2.05, 4.69) is 140 Å². The van der Waals surface area contributed by atoms with E-state index in [1.807, 2.05) is 18.2 Å². The monoisotopic (exact) mass is 1550 g/mol. The average molecular weight is 1550 g/mol. The normalized spacial score (nSPS) is 21.0. The molecule has 2 aromatic heterocycles. The van der Waals surface area contributed by atoms with Crippen molar-refractivity contribution in [3.05, 3.63) is 159 Å². The Bertz CT molecular complexity index is 3930. The molecule has 6 aromatic rings. The zero-order valence-electron chi connectivity index (χ0n) is 58.0. The molecule has 10 atom stereocenters. The highest BCUT2D eigenvalue weighted by Gasteiger charge is 2.53. The van der Waals surface area contributed by atoms with Gasteiger partial charge in [0.05, 0.1) is 60.0 Å². The molecule has 0 aliphatic carbocycles. The molecule has 1 unspecified atom stereocenters. The number of benzene rings is 4. The summed E-state index contributed by atoms with van der Waals surface area (Å²) < 4.78 is 1.57. The fourth-order valence-corrected chi connectivity index (χ4v) is 20.5. The van der Waals surface area contributed by atoms with Crippen molar-refractivity contribution >= 4 is 120 Å². The number of H-pyrrole nitrogens is 1. The van der Waals surface area contributed by atoms with Gasteiger partial charge in [-0.1, -0.05) is 150 Å². The van der Waals surface area contributed by atoms with E-state index in [1.54, 1.807) is 83.8 Å². The minimum absolute atomic E-state index is 0.0302. The van der Waals surface area contributed by atoms with Gasteiger partial charge in [0, 0.05) is 41.4 Å². The van der Waals surface area contributed by atoms with E-state index < -0.39 is 144 Å². The summed E-state index contributed by atoms with van der Waals surface area (Å²) in [5.74, 6) is -9.37. The number of aromatic nitrogens is 4. The molecule has 4 aromatic carbocycles. The summed E-state index contributed by atoms with van der Waals surface area (Å²) in [6, 6.07) is 21.1. The van der Waals surface area contributed by atoms with E-state index in [0.29, 0.717) is 57.5 Å². The molecule has 9 amide bonds. The lowest BCUT2D eigenvalue weighted by atomic mass is 10.0. The Hall–Kier alpha value is -7.82. The van der Waals surface area contributed by atoms with Gasteiger partial charge in [0.15, 0.2) is 5.57 Å². The average Bonchev–Trinajstić information content (AvgIpc) is 1.59. The van der Waals surface area contributed by atoms with Crippen molar-refractivity contribution in [2.75, 3.05) is 24.7 Å². The van der Waals surface area contributed by atoms with Crippen molar-refractivity contribution in [3.63, 3.8) is 0 Å². The number of hydrogen-bond donors (Lipinski definition) is 13. The van der Waals surface area contributed by atoms with Crippen molar-refractivity contribution in [1.29, 1.82) is 0 Å². The zero-order valence-corrected chi connectivity index (χ0v) is 62.8. The number of para-hydroxylation sites is 1. The van der Waals surface area contributed by atoms with Crippen LogP contribution in [0.5, 0.6) is 0 Å². The third-order valence-electron chi connectivity index (χ3n) is 17.8. The van der Waals surface area contributed by atoms with Crippen molar-refractivity contribution < 1.29 is 58.5 Å². The fourth-order valence-electron chi connectivity index (χ4n) is 12.4. The topological polar surface area (TPSA) is 400 Å². The minimum Gasteiger partial charge on any atom is -0.394 e. The van der Waals surface area contributed by atoms with Crippen LogP contribution in [-0.4, -0.2) is 184 Å². The lowest BCUT2D eigenvalue weighted by molar-refractivity contribution is -0.138. The SMILES string of the molecule is C[C@@H](O)[C@@H]1NC(=O)[C@H](CCCCN)NC(=O)[C@@H](Cc2c[nH]c3ccccc23)NC(=O)[C@H](Cc2ccccc2)NC(=O)C(NC(=O)[C@H](N)Cc2ccccc2)CSC2=C(SC[C@@H](C(=O)N[C@H](CO)[C@@H](C)O)NC1=O)C(=O)N(Cc1cn(Cc3ccc([Si](I)(C(C)(C)C)C(C)(C)C)cc3)nn1)C2=O. The number of hydrogen-bond acceptors (Lipinski definition) is 18. The molecule has 2 aliphatic heterocycles. The van der Waals surface area contributed by atoms with Crippen molar-refractivity contribution in [2.24, 2.45) is 11.5 Å². The number of nitrogens with zero attached hydrogens (tertiary/aromatic N) is 4. The number of aromatic amines is 1. The second-order valence-corrected chi connectivity index (χ2v) is 39.5. The molecule has 8 rings (SSSR count). The van der Waals surface area contributed by atoms with Crippen LogP contribution in [0.4, 0.5) is 0 Å². The highest BCUT2D eigenvalue weighted by Crippen LogP contribution is 2.54. The first kappa shape index (κ1) is 78.9. The maximum absolute atomic E-state index is 15.3. The summed E-state index contributed by atoms with van der Waals surface area (Å²) in [7, 11) is 0. The highest BCUT2D eigenvalue weighted by molar-refractivity contribution is 14.1. The Morgan fingerprint density at radius 1 is 0.693 bits per heavy atom. The summed E-state index contributed by atoms with van der Waals surface area (Å²) in [6.07, 6.45) is 0.562. The zero-order chi connectivity index (χ0) is 73.5. The molecule has 0 radical (unpaired) electrons. The van der Waals surface area contributed by atoms with E-state index in [4.69, 9.17) is 11.5 Å². The molecule has 0 bridgehead atoms. The highest BCUT2D eigenvalue weighted by atomic mass is 127. The van der Waals surface area contributed by atoms with Crippen LogP contribution in [0, 0.1) is 0 Å². The molecule has 0 saturated heterocycles. The molecule has 30 heteroatoms. The van der Waals surface area contributed by atoms with Crippen LogP contribution in [-0.2, 0) is 75.5 Å². The molecule has 26 nitrogen and oxygen atoms in total. The second-order valence-electron chi connectivity index (χ2n) is 27.6. The molecule has 0 spiro atoms. The summed E-state index contributed by atoms with van der Waals surface area (Å²) >= 11 is 4.05. The molecule has 0 fully saturated rings. The van der Waals surface area contributed by atoms with Gasteiger partial charge in [-0.2, -0.15) is 0 Å². The Kier molecular flexibility index (Phi) is 27.6. The standard InChI is InChI=1S/C71H93IN14O12S2Si/c1-41(88)55(38-87)79-66(95)57-40-100-60-59(68(97)86(69(60)98)37-47-36-85(84-83-47)35-45-26-28-48(29-27-45)101(72,70(3,4)5)71(6,7)8)99-39-56(80-61(90)50(74)31-43-19-11-9-12-20-43)65(94)77-53(32-44-21-13-10-14-22-44)63(92)78-54(33-46-34-75-51-24-16-15-23-49(46)51)64(93)76-52(25-17-18-30-73)62(91)82-58(42(2)89)67(96)81-57/h9-16,19-24,26-29,34,36,41-42,50,52-58,75,87-89H,17-18,25,30-33,35,37-40,73-74H2,1-8H3,(H,76,93)(H,77,94)(H,78,92)(H,79,95)(H,80,90)(H,81,96)(H,82,91)/t41-,42-,50-,52+,53+,54-,55-,56?,57+,58+/m1/s1.